The normalized spacial score (nSPS) is 12.7. The fraction of sp³-hybridized carbons (Fsp3) is 0.150. The number of hydrogen-bond acceptors (Lipinski definition) is 3. The average Bonchev–Trinajstić information content (AvgIpc) is 2.60. The first-order chi connectivity index (χ1) is 12.3. The number of fused-ring (bicyclic) bond motifs is 1. The van der Waals surface area contributed by atoms with Crippen LogP contribution in [-0.2, 0) is 9.84 Å². The molecule has 0 heterocycles. The Morgan fingerprint density at radius 3 is 2.46 bits per heavy atom. The molecule has 3 aromatic carbocycles. The van der Waals surface area contributed by atoms with Crippen molar-refractivity contribution < 1.29 is 13.2 Å². The van der Waals surface area contributed by atoms with Crippen molar-refractivity contribution in [2.24, 2.45) is 0 Å². The minimum absolute atomic E-state index is 0.0601. The molecule has 0 saturated heterocycles. The van der Waals surface area contributed by atoms with Crippen molar-refractivity contribution >= 4 is 38.1 Å². The van der Waals surface area contributed by atoms with Crippen LogP contribution in [0, 0.1) is 0 Å². The van der Waals surface area contributed by atoms with Gasteiger partial charge in [-0.05, 0) is 41.5 Å². The van der Waals surface area contributed by atoms with Crippen molar-refractivity contribution in [3.63, 3.8) is 0 Å². The van der Waals surface area contributed by atoms with Gasteiger partial charge in [0, 0.05) is 6.26 Å². The van der Waals surface area contributed by atoms with E-state index in [1.54, 1.807) is 0 Å². The minimum atomic E-state index is -3.42. The van der Waals surface area contributed by atoms with Gasteiger partial charge in [-0.3, -0.25) is 4.79 Å². The Morgan fingerprint density at radius 2 is 1.73 bits per heavy atom. The Bertz CT molecular complexity index is 1090. The molecule has 1 unspecified atom stereocenters. The first-order valence-corrected chi connectivity index (χ1v) is 10.3. The van der Waals surface area contributed by atoms with E-state index in [-0.39, 0.29) is 21.5 Å². The van der Waals surface area contributed by atoms with Crippen LogP contribution in [0.2, 0.25) is 5.02 Å². The summed E-state index contributed by atoms with van der Waals surface area (Å²) < 4.78 is 23.5. The summed E-state index contributed by atoms with van der Waals surface area (Å²) in [6.07, 6.45) is 1.09. The van der Waals surface area contributed by atoms with Crippen molar-refractivity contribution in [1.29, 1.82) is 0 Å². The fourth-order valence-electron chi connectivity index (χ4n) is 2.89. The zero-order valence-electron chi connectivity index (χ0n) is 14.4. The molecule has 0 aliphatic carbocycles. The Balaban J connectivity index is 1.93. The first kappa shape index (κ1) is 18.4. The van der Waals surface area contributed by atoms with Gasteiger partial charge < -0.3 is 5.32 Å². The van der Waals surface area contributed by atoms with Crippen molar-refractivity contribution in [3.05, 3.63) is 76.8 Å². The summed E-state index contributed by atoms with van der Waals surface area (Å²) in [5.74, 6) is -0.416. The predicted octanol–water partition coefficient (Wildman–Crippen LogP) is 4.39. The quantitative estimate of drug-likeness (QED) is 0.722. The predicted molar refractivity (Wildman–Crippen MR) is 104 cm³/mol. The maximum absolute atomic E-state index is 12.7. The standard InChI is InChI=1S/C20H18ClNO3S/c1-13(16-9-5-7-14-6-3-4-8-17(14)16)22-20(23)18-12-15(26(2,24)25)10-11-19(18)21/h3-13H,1-2H3,(H,22,23). The number of carbonyl (C=O) groups is 1. The summed E-state index contributed by atoms with van der Waals surface area (Å²) in [6, 6.07) is 17.7. The monoisotopic (exact) mass is 387 g/mol. The Labute approximate surface area is 157 Å². The highest BCUT2D eigenvalue weighted by atomic mass is 35.5. The third-order valence-electron chi connectivity index (χ3n) is 4.25. The minimum Gasteiger partial charge on any atom is -0.345 e. The van der Waals surface area contributed by atoms with Crippen LogP contribution in [0.1, 0.15) is 28.9 Å². The summed E-state index contributed by atoms with van der Waals surface area (Å²) in [5.41, 5.74) is 1.12. The van der Waals surface area contributed by atoms with Gasteiger partial charge in [-0.15, -0.1) is 0 Å². The topological polar surface area (TPSA) is 63.2 Å². The molecule has 0 spiro atoms. The molecule has 0 aliphatic rings. The number of hydrogen-bond donors (Lipinski definition) is 1. The van der Waals surface area contributed by atoms with Crippen molar-refractivity contribution in [3.8, 4) is 0 Å². The van der Waals surface area contributed by atoms with E-state index in [1.807, 2.05) is 49.4 Å². The molecule has 0 fully saturated rings. The number of amides is 1. The number of benzene rings is 3. The van der Waals surface area contributed by atoms with E-state index in [2.05, 4.69) is 5.32 Å². The lowest BCUT2D eigenvalue weighted by molar-refractivity contribution is 0.0940. The molecule has 3 rings (SSSR count). The fourth-order valence-corrected chi connectivity index (χ4v) is 3.74. The lowest BCUT2D eigenvalue weighted by Crippen LogP contribution is -2.27. The van der Waals surface area contributed by atoms with E-state index >= 15 is 0 Å². The molecule has 3 aromatic rings. The zero-order valence-corrected chi connectivity index (χ0v) is 15.9. The molecule has 0 bridgehead atoms. The van der Waals surface area contributed by atoms with E-state index in [0.29, 0.717) is 0 Å². The number of carbonyl (C=O) groups excluding carboxylic acids is 1. The molecule has 0 saturated carbocycles. The van der Waals surface area contributed by atoms with Crippen LogP contribution >= 0.6 is 11.6 Å². The average molecular weight is 388 g/mol. The van der Waals surface area contributed by atoms with Crippen LogP contribution in [0.15, 0.2) is 65.6 Å². The van der Waals surface area contributed by atoms with Crippen LogP contribution in [0.4, 0.5) is 0 Å². The van der Waals surface area contributed by atoms with Gasteiger partial charge in [-0.1, -0.05) is 54.1 Å². The molecule has 0 aliphatic heterocycles. The first-order valence-electron chi connectivity index (χ1n) is 8.05. The Hall–Kier alpha value is -2.37. The van der Waals surface area contributed by atoms with Gasteiger partial charge in [0.25, 0.3) is 5.91 Å². The summed E-state index contributed by atoms with van der Waals surface area (Å²) in [4.78, 5) is 12.7. The molecule has 4 nitrogen and oxygen atoms in total. The molecular formula is C20H18ClNO3S. The lowest BCUT2D eigenvalue weighted by atomic mass is 9.99. The molecule has 1 amide bonds. The second kappa shape index (κ2) is 7.09. The molecule has 0 aromatic heterocycles. The lowest BCUT2D eigenvalue weighted by Gasteiger charge is -2.17. The number of sulfone groups is 1. The van der Waals surface area contributed by atoms with Crippen LogP contribution in [0.5, 0.6) is 0 Å². The SMILES string of the molecule is CC(NC(=O)c1cc(S(C)(=O)=O)ccc1Cl)c1cccc2ccccc12. The van der Waals surface area contributed by atoms with E-state index in [0.717, 1.165) is 22.6 Å². The largest absolute Gasteiger partial charge is 0.345 e. The van der Waals surface area contributed by atoms with Gasteiger partial charge in [0.15, 0.2) is 9.84 Å². The van der Waals surface area contributed by atoms with E-state index < -0.39 is 15.7 Å². The highest BCUT2D eigenvalue weighted by Gasteiger charge is 2.18. The highest BCUT2D eigenvalue weighted by Crippen LogP contribution is 2.26. The van der Waals surface area contributed by atoms with Crippen LogP contribution in [0.3, 0.4) is 0 Å². The number of rotatable bonds is 4. The van der Waals surface area contributed by atoms with E-state index in [9.17, 15) is 13.2 Å². The molecule has 26 heavy (non-hydrogen) atoms. The summed E-state index contributed by atoms with van der Waals surface area (Å²) in [6.45, 7) is 1.88. The van der Waals surface area contributed by atoms with Gasteiger partial charge in [0.1, 0.15) is 0 Å². The van der Waals surface area contributed by atoms with Crippen molar-refractivity contribution in [2.75, 3.05) is 6.26 Å². The third kappa shape index (κ3) is 3.74. The molecule has 1 atom stereocenters. The van der Waals surface area contributed by atoms with Crippen LogP contribution < -0.4 is 5.32 Å². The third-order valence-corrected chi connectivity index (χ3v) is 5.69. The zero-order chi connectivity index (χ0) is 18.9. The van der Waals surface area contributed by atoms with Gasteiger partial charge >= 0.3 is 0 Å². The second-order valence-corrected chi connectivity index (χ2v) is 8.60. The number of halogens is 1. The van der Waals surface area contributed by atoms with Crippen molar-refractivity contribution in [1.82, 2.24) is 5.32 Å². The smallest absolute Gasteiger partial charge is 0.253 e. The van der Waals surface area contributed by atoms with Gasteiger partial charge in [-0.2, -0.15) is 0 Å². The second-order valence-electron chi connectivity index (χ2n) is 6.18. The van der Waals surface area contributed by atoms with Crippen LogP contribution in [0.25, 0.3) is 10.8 Å². The van der Waals surface area contributed by atoms with Crippen LogP contribution in [-0.4, -0.2) is 20.6 Å². The Morgan fingerprint density at radius 1 is 1.04 bits per heavy atom. The van der Waals surface area contributed by atoms with Gasteiger partial charge in [0.2, 0.25) is 0 Å². The maximum atomic E-state index is 12.7. The molecule has 134 valence electrons. The summed E-state index contributed by atoms with van der Waals surface area (Å²) >= 11 is 6.11. The summed E-state index contributed by atoms with van der Waals surface area (Å²) in [7, 11) is -3.42. The number of nitrogens with one attached hydrogen (secondary N) is 1. The van der Waals surface area contributed by atoms with Crippen molar-refractivity contribution in [2.45, 2.75) is 17.9 Å². The maximum Gasteiger partial charge on any atom is 0.253 e. The Kier molecular flexibility index (Phi) is 5.03. The molecule has 0 radical (unpaired) electrons. The van der Waals surface area contributed by atoms with E-state index in [1.165, 1.54) is 18.2 Å². The van der Waals surface area contributed by atoms with E-state index in [4.69, 9.17) is 11.6 Å². The molecular weight excluding hydrogens is 370 g/mol. The molecule has 6 heteroatoms. The molecule has 1 N–H and O–H groups in total. The van der Waals surface area contributed by atoms with Gasteiger partial charge in [0.05, 0.1) is 21.5 Å². The van der Waals surface area contributed by atoms with Gasteiger partial charge in [-0.25, -0.2) is 8.42 Å². The summed E-state index contributed by atoms with van der Waals surface area (Å²) in [5, 5.41) is 5.25. The highest BCUT2D eigenvalue weighted by molar-refractivity contribution is 7.90.